The Kier molecular flexibility index (Phi) is 4.27. The molecule has 5 nitrogen and oxygen atoms in total. The third-order valence-electron chi connectivity index (χ3n) is 4.27. The van der Waals surface area contributed by atoms with E-state index in [1.54, 1.807) is 19.1 Å². The second-order valence-corrected chi connectivity index (χ2v) is 8.73. The van der Waals surface area contributed by atoms with Crippen molar-refractivity contribution in [1.82, 2.24) is 4.98 Å². The molecule has 1 heterocycles. The largest absolute Gasteiger partial charge is 0.466 e. The number of sulfone groups is 1. The van der Waals surface area contributed by atoms with Crippen LogP contribution in [0.2, 0.25) is 0 Å². The monoisotopic (exact) mass is 399 g/mol. The van der Waals surface area contributed by atoms with Gasteiger partial charge >= 0.3 is 5.97 Å². The highest BCUT2D eigenvalue weighted by atomic mass is 79.9. The van der Waals surface area contributed by atoms with Gasteiger partial charge in [-0.2, -0.15) is 0 Å². The molecule has 1 aliphatic rings. The maximum atomic E-state index is 11.8. The number of carbonyl (C=O) groups is 1. The normalized spacial score (nSPS) is 17.4. The molecule has 124 valence electrons. The molecule has 0 radical (unpaired) electrons. The summed E-state index contributed by atoms with van der Waals surface area (Å²) >= 11 is 3.45. The Morgan fingerprint density at radius 1 is 1.43 bits per heavy atom. The second-order valence-electron chi connectivity index (χ2n) is 5.86. The minimum atomic E-state index is -3.27. The molecule has 23 heavy (non-hydrogen) atoms. The molecule has 1 atom stereocenters. The lowest BCUT2D eigenvalue weighted by Gasteiger charge is -2.09. The van der Waals surface area contributed by atoms with Crippen molar-refractivity contribution in [3.8, 4) is 0 Å². The van der Waals surface area contributed by atoms with E-state index < -0.39 is 9.84 Å². The highest BCUT2D eigenvalue weighted by molar-refractivity contribution is 9.10. The molecular weight excluding hydrogens is 382 g/mol. The fraction of sp³-hybridized carbons (Fsp3) is 0.438. The second kappa shape index (κ2) is 5.94. The van der Waals surface area contributed by atoms with E-state index in [0.29, 0.717) is 17.9 Å². The number of aryl methyl sites for hydroxylation is 1. The number of rotatable bonds is 4. The minimum absolute atomic E-state index is 0.102. The standard InChI is InChI=1S/C16H18BrNO4S/c1-3-22-14(19)6-9-4-5-11-12-7-10(23(2,20)21)8-13(17)16(12)18-15(9)11/h7-9,18H,3-6H2,1-2H3. The first-order valence-corrected chi connectivity index (χ1v) is 10.2. The highest BCUT2D eigenvalue weighted by Crippen LogP contribution is 2.42. The van der Waals surface area contributed by atoms with E-state index in [4.69, 9.17) is 4.74 Å². The van der Waals surface area contributed by atoms with E-state index in [1.807, 2.05) is 0 Å². The van der Waals surface area contributed by atoms with Crippen LogP contribution in [-0.4, -0.2) is 32.2 Å². The summed E-state index contributed by atoms with van der Waals surface area (Å²) < 4.78 is 29.4. The fourth-order valence-electron chi connectivity index (χ4n) is 3.22. The maximum Gasteiger partial charge on any atom is 0.306 e. The van der Waals surface area contributed by atoms with Gasteiger partial charge in [0.1, 0.15) is 0 Å². The number of nitrogens with one attached hydrogen (secondary N) is 1. The van der Waals surface area contributed by atoms with Gasteiger partial charge in [-0.05, 0) is 53.4 Å². The smallest absolute Gasteiger partial charge is 0.306 e. The first-order valence-electron chi connectivity index (χ1n) is 7.51. The summed E-state index contributed by atoms with van der Waals surface area (Å²) in [5.74, 6) is -0.0927. The molecule has 2 aromatic rings. The molecule has 1 aliphatic carbocycles. The van der Waals surface area contributed by atoms with Crippen LogP contribution in [0.3, 0.4) is 0 Å². The van der Waals surface area contributed by atoms with Crippen molar-refractivity contribution in [3.05, 3.63) is 27.9 Å². The van der Waals surface area contributed by atoms with Crippen LogP contribution in [0.1, 0.15) is 36.9 Å². The third-order valence-corrected chi connectivity index (χ3v) is 5.99. The van der Waals surface area contributed by atoms with E-state index in [9.17, 15) is 13.2 Å². The van der Waals surface area contributed by atoms with Crippen molar-refractivity contribution >= 4 is 42.6 Å². The molecule has 0 fully saturated rings. The molecular formula is C16H18BrNO4S. The zero-order valence-electron chi connectivity index (χ0n) is 13.0. The van der Waals surface area contributed by atoms with Gasteiger partial charge in [-0.1, -0.05) is 0 Å². The van der Waals surface area contributed by atoms with Gasteiger partial charge in [0.25, 0.3) is 0 Å². The molecule has 0 saturated heterocycles. The number of benzene rings is 1. The molecule has 0 amide bonds. The number of carbonyl (C=O) groups excluding carboxylic acids is 1. The SMILES string of the molecule is CCOC(=O)CC1CCc2c1[nH]c1c(Br)cc(S(C)(=O)=O)cc21. The number of esters is 1. The Morgan fingerprint density at radius 2 is 2.17 bits per heavy atom. The number of ether oxygens (including phenoxy) is 1. The van der Waals surface area contributed by atoms with Crippen molar-refractivity contribution in [2.24, 2.45) is 0 Å². The molecule has 0 saturated carbocycles. The Hall–Kier alpha value is -1.34. The Bertz CT molecular complexity index is 885. The number of aromatic nitrogens is 1. The topological polar surface area (TPSA) is 76.2 Å². The summed E-state index contributed by atoms with van der Waals surface area (Å²) in [7, 11) is -3.27. The molecule has 3 rings (SSSR count). The number of hydrogen-bond donors (Lipinski definition) is 1. The lowest BCUT2D eigenvalue weighted by molar-refractivity contribution is -0.143. The lowest BCUT2D eigenvalue weighted by atomic mass is 10.0. The first kappa shape index (κ1) is 16.5. The van der Waals surface area contributed by atoms with Gasteiger partial charge in [0.05, 0.1) is 23.4 Å². The van der Waals surface area contributed by atoms with Crippen molar-refractivity contribution < 1.29 is 17.9 Å². The summed E-state index contributed by atoms with van der Waals surface area (Å²) in [6.07, 6.45) is 3.26. The quantitative estimate of drug-likeness (QED) is 0.799. The predicted octanol–water partition coefficient (Wildman–Crippen LogP) is 3.32. The molecule has 1 N–H and O–H groups in total. The average Bonchev–Trinajstić information content (AvgIpc) is 2.99. The zero-order chi connectivity index (χ0) is 16.8. The van der Waals surface area contributed by atoms with Gasteiger partial charge in [-0.15, -0.1) is 0 Å². The Balaban J connectivity index is 2.05. The van der Waals surface area contributed by atoms with Gasteiger partial charge in [-0.3, -0.25) is 4.79 Å². The average molecular weight is 400 g/mol. The minimum Gasteiger partial charge on any atom is -0.466 e. The number of halogens is 1. The fourth-order valence-corrected chi connectivity index (χ4v) is 4.60. The summed E-state index contributed by atoms with van der Waals surface area (Å²) in [5.41, 5.74) is 3.02. The van der Waals surface area contributed by atoms with Crippen LogP contribution in [0, 0.1) is 0 Å². The van der Waals surface area contributed by atoms with Gasteiger partial charge in [-0.25, -0.2) is 8.42 Å². The van der Waals surface area contributed by atoms with E-state index in [1.165, 1.54) is 6.26 Å². The number of aromatic amines is 1. The van der Waals surface area contributed by atoms with Crippen LogP contribution in [0.5, 0.6) is 0 Å². The Labute approximate surface area is 143 Å². The molecule has 1 unspecified atom stereocenters. The summed E-state index contributed by atoms with van der Waals surface area (Å²) in [5, 5.41) is 0.918. The van der Waals surface area contributed by atoms with Crippen molar-refractivity contribution in [1.29, 1.82) is 0 Å². The van der Waals surface area contributed by atoms with E-state index in [2.05, 4.69) is 20.9 Å². The first-order chi connectivity index (χ1) is 10.8. The van der Waals surface area contributed by atoms with Gasteiger partial charge in [0.2, 0.25) is 0 Å². The zero-order valence-corrected chi connectivity index (χ0v) is 15.4. The third kappa shape index (κ3) is 3.04. The van der Waals surface area contributed by atoms with E-state index in [0.717, 1.165) is 39.5 Å². The molecule has 0 aliphatic heterocycles. The van der Waals surface area contributed by atoms with Gasteiger partial charge in [0.15, 0.2) is 9.84 Å². The van der Waals surface area contributed by atoms with Crippen LogP contribution in [0.15, 0.2) is 21.5 Å². The van der Waals surface area contributed by atoms with Gasteiger partial charge < -0.3 is 9.72 Å². The number of fused-ring (bicyclic) bond motifs is 3. The number of hydrogen-bond acceptors (Lipinski definition) is 4. The van der Waals surface area contributed by atoms with Crippen molar-refractivity contribution in [2.75, 3.05) is 12.9 Å². The van der Waals surface area contributed by atoms with Crippen LogP contribution < -0.4 is 0 Å². The molecule has 0 bridgehead atoms. The lowest BCUT2D eigenvalue weighted by Crippen LogP contribution is -2.09. The molecule has 1 aromatic heterocycles. The summed E-state index contributed by atoms with van der Waals surface area (Å²) in [6, 6.07) is 3.33. The maximum absolute atomic E-state index is 11.8. The molecule has 1 aromatic carbocycles. The van der Waals surface area contributed by atoms with Crippen LogP contribution >= 0.6 is 15.9 Å². The van der Waals surface area contributed by atoms with Crippen LogP contribution in [0.25, 0.3) is 10.9 Å². The summed E-state index contributed by atoms with van der Waals surface area (Å²) in [4.78, 5) is 15.4. The van der Waals surface area contributed by atoms with Crippen LogP contribution in [0.4, 0.5) is 0 Å². The van der Waals surface area contributed by atoms with E-state index in [-0.39, 0.29) is 11.9 Å². The highest BCUT2D eigenvalue weighted by Gasteiger charge is 2.30. The predicted molar refractivity (Wildman–Crippen MR) is 91.4 cm³/mol. The van der Waals surface area contributed by atoms with Crippen molar-refractivity contribution in [3.63, 3.8) is 0 Å². The van der Waals surface area contributed by atoms with Gasteiger partial charge in [0, 0.05) is 27.7 Å². The number of H-pyrrole nitrogens is 1. The summed E-state index contributed by atoms with van der Waals surface area (Å²) in [6.45, 7) is 2.18. The molecule has 7 heteroatoms. The molecule has 0 spiro atoms. The van der Waals surface area contributed by atoms with E-state index >= 15 is 0 Å². The van der Waals surface area contributed by atoms with Crippen molar-refractivity contribution in [2.45, 2.75) is 37.0 Å². The Morgan fingerprint density at radius 3 is 2.83 bits per heavy atom. The van der Waals surface area contributed by atoms with Crippen LogP contribution in [-0.2, 0) is 25.8 Å².